The second-order valence-electron chi connectivity index (χ2n) is 6.63. The number of rotatable bonds is 5. The third-order valence-electron chi connectivity index (χ3n) is 4.77. The van der Waals surface area contributed by atoms with Crippen LogP contribution >= 0.6 is 11.6 Å². The first-order chi connectivity index (χ1) is 13.5. The van der Waals surface area contributed by atoms with E-state index in [-0.39, 0.29) is 9.92 Å². The average molecular weight is 420 g/mol. The van der Waals surface area contributed by atoms with Crippen LogP contribution in [0, 0.1) is 0 Å². The van der Waals surface area contributed by atoms with Gasteiger partial charge < -0.3 is 9.32 Å². The number of sulfonamides is 1. The first kappa shape index (κ1) is 19.1. The number of hydrogen-bond acceptors (Lipinski definition) is 5. The van der Waals surface area contributed by atoms with Crippen molar-refractivity contribution in [1.29, 1.82) is 0 Å². The zero-order valence-electron chi connectivity index (χ0n) is 15.1. The molecule has 2 aromatic carbocycles. The molecule has 9 heteroatoms. The Hall–Kier alpha value is -2.26. The predicted molar refractivity (Wildman–Crippen MR) is 104 cm³/mol. The first-order valence-electron chi connectivity index (χ1n) is 9.00. The van der Waals surface area contributed by atoms with Crippen molar-refractivity contribution in [3.8, 4) is 11.5 Å². The van der Waals surface area contributed by atoms with E-state index < -0.39 is 10.0 Å². The Balaban J connectivity index is 1.39. The van der Waals surface area contributed by atoms with Crippen molar-refractivity contribution in [3.05, 3.63) is 65.5 Å². The molecule has 28 heavy (non-hydrogen) atoms. The summed E-state index contributed by atoms with van der Waals surface area (Å²) in [5.74, 6) is 1.05. The minimum absolute atomic E-state index is 0.157. The third-order valence-corrected chi connectivity index (χ3v) is 7.17. The Morgan fingerprint density at radius 1 is 1.00 bits per heavy atom. The molecule has 4 rings (SSSR count). The van der Waals surface area contributed by atoms with Gasteiger partial charge in [0.05, 0.1) is 31.2 Å². The molecule has 0 unspecified atom stereocenters. The van der Waals surface area contributed by atoms with E-state index in [0.29, 0.717) is 44.5 Å². The molecule has 1 saturated heterocycles. The van der Waals surface area contributed by atoms with Crippen molar-refractivity contribution in [2.75, 3.05) is 26.2 Å². The van der Waals surface area contributed by atoms with Crippen LogP contribution in [0.1, 0.15) is 5.89 Å². The second kappa shape index (κ2) is 8.00. The summed E-state index contributed by atoms with van der Waals surface area (Å²) in [5.41, 5.74) is 0.881. The van der Waals surface area contributed by atoms with Crippen LogP contribution < -0.4 is 4.90 Å². The van der Waals surface area contributed by atoms with Crippen molar-refractivity contribution < 1.29 is 17.7 Å². The van der Waals surface area contributed by atoms with Gasteiger partial charge in [-0.25, -0.2) is 8.42 Å². The molecule has 7 nitrogen and oxygen atoms in total. The van der Waals surface area contributed by atoms with Gasteiger partial charge in [0.2, 0.25) is 15.9 Å². The molecular formula is C19H20ClN4O3S+. The maximum Gasteiger partial charge on any atom is 0.271 e. The molecule has 0 aliphatic carbocycles. The fraction of sp³-hybridized carbons (Fsp3) is 0.263. The minimum atomic E-state index is -3.58. The van der Waals surface area contributed by atoms with Crippen LogP contribution in [0.3, 0.4) is 0 Å². The first-order valence-corrected chi connectivity index (χ1v) is 10.8. The third kappa shape index (κ3) is 3.95. The molecule has 1 aliphatic heterocycles. The summed E-state index contributed by atoms with van der Waals surface area (Å²) in [7, 11) is -3.58. The number of quaternary nitrogens is 1. The molecule has 0 atom stereocenters. The predicted octanol–water partition coefficient (Wildman–Crippen LogP) is 1.48. The second-order valence-corrected chi connectivity index (χ2v) is 8.94. The summed E-state index contributed by atoms with van der Waals surface area (Å²) < 4.78 is 32.9. The maximum absolute atomic E-state index is 12.8. The van der Waals surface area contributed by atoms with Gasteiger partial charge >= 0.3 is 0 Å². The summed E-state index contributed by atoms with van der Waals surface area (Å²) in [5, 5.41) is 8.48. The highest BCUT2D eigenvalue weighted by Crippen LogP contribution is 2.24. The molecule has 0 bridgehead atoms. The van der Waals surface area contributed by atoms with Gasteiger partial charge in [-0.05, 0) is 24.3 Å². The number of benzene rings is 2. The van der Waals surface area contributed by atoms with Crippen molar-refractivity contribution in [1.82, 2.24) is 14.5 Å². The van der Waals surface area contributed by atoms with E-state index in [9.17, 15) is 8.42 Å². The largest absolute Gasteiger partial charge is 0.415 e. The maximum atomic E-state index is 12.8. The molecule has 1 aromatic heterocycles. The minimum Gasteiger partial charge on any atom is -0.415 e. The summed E-state index contributed by atoms with van der Waals surface area (Å²) in [6.45, 7) is 2.73. The van der Waals surface area contributed by atoms with Crippen LogP contribution in [0.2, 0.25) is 5.02 Å². The summed E-state index contributed by atoms with van der Waals surface area (Å²) >= 11 is 6.08. The number of piperazine rings is 1. The van der Waals surface area contributed by atoms with E-state index in [0.717, 1.165) is 5.56 Å². The van der Waals surface area contributed by atoms with Gasteiger partial charge in [-0.2, -0.15) is 4.31 Å². The monoisotopic (exact) mass is 419 g/mol. The number of halogens is 1. The molecule has 2 heterocycles. The number of nitrogens with one attached hydrogen (secondary N) is 1. The van der Waals surface area contributed by atoms with Gasteiger partial charge in [-0.3, -0.25) is 0 Å². The van der Waals surface area contributed by atoms with Crippen molar-refractivity contribution >= 4 is 21.6 Å². The lowest BCUT2D eigenvalue weighted by molar-refractivity contribution is -0.918. The van der Waals surface area contributed by atoms with E-state index in [1.54, 1.807) is 24.3 Å². The molecule has 146 valence electrons. The Labute approximate surface area is 168 Å². The fourth-order valence-electron chi connectivity index (χ4n) is 3.25. The van der Waals surface area contributed by atoms with Crippen molar-refractivity contribution in [2.45, 2.75) is 11.4 Å². The molecule has 0 spiro atoms. The lowest BCUT2D eigenvalue weighted by atomic mass is 10.2. The molecule has 1 fully saturated rings. The lowest BCUT2D eigenvalue weighted by Gasteiger charge is -2.30. The number of nitrogens with zero attached hydrogens (tertiary/aromatic N) is 3. The van der Waals surface area contributed by atoms with Gasteiger partial charge in [-0.1, -0.05) is 41.9 Å². The molecular weight excluding hydrogens is 400 g/mol. The van der Waals surface area contributed by atoms with E-state index in [1.165, 1.54) is 9.21 Å². The number of aromatic nitrogens is 2. The van der Waals surface area contributed by atoms with Gasteiger partial charge in [-0.15, -0.1) is 10.2 Å². The SMILES string of the molecule is O=S(=O)(c1ccccc1Cl)N1CC[NH+](Cc2nnc(-c3ccccc3)o2)CC1. The van der Waals surface area contributed by atoms with Crippen LogP contribution in [0.4, 0.5) is 0 Å². The van der Waals surface area contributed by atoms with E-state index in [2.05, 4.69) is 10.2 Å². The molecule has 1 N–H and O–H groups in total. The zero-order valence-corrected chi connectivity index (χ0v) is 16.7. The quantitative estimate of drug-likeness (QED) is 0.677. The van der Waals surface area contributed by atoms with E-state index >= 15 is 0 Å². The zero-order chi connectivity index (χ0) is 19.6. The van der Waals surface area contributed by atoms with Crippen molar-refractivity contribution in [2.24, 2.45) is 0 Å². The van der Waals surface area contributed by atoms with Gasteiger partial charge in [0.15, 0.2) is 6.54 Å². The smallest absolute Gasteiger partial charge is 0.271 e. The van der Waals surface area contributed by atoms with Gasteiger partial charge in [0.25, 0.3) is 5.89 Å². The highest BCUT2D eigenvalue weighted by Gasteiger charge is 2.32. The molecule has 1 aliphatic rings. The Morgan fingerprint density at radius 3 is 2.39 bits per heavy atom. The molecule has 0 amide bonds. The lowest BCUT2D eigenvalue weighted by Crippen LogP contribution is -3.13. The molecule has 0 radical (unpaired) electrons. The van der Waals surface area contributed by atoms with Crippen LogP contribution in [0.15, 0.2) is 63.9 Å². The Morgan fingerprint density at radius 2 is 1.68 bits per heavy atom. The standard InChI is InChI=1S/C19H19ClN4O3S/c20-16-8-4-5-9-17(16)28(25,26)24-12-10-23(11-13-24)14-18-21-22-19(27-18)15-6-2-1-3-7-15/h1-9H,10-14H2/p+1. The fourth-order valence-corrected chi connectivity index (χ4v) is 5.18. The van der Waals surface area contributed by atoms with Gasteiger partial charge in [0, 0.05) is 5.56 Å². The van der Waals surface area contributed by atoms with Crippen LogP contribution in [-0.2, 0) is 16.6 Å². The highest BCUT2D eigenvalue weighted by atomic mass is 35.5. The van der Waals surface area contributed by atoms with Crippen molar-refractivity contribution in [3.63, 3.8) is 0 Å². The Bertz CT molecular complexity index is 1050. The van der Waals surface area contributed by atoms with E-state index in [1.807, 2.05) is 30.3 Å². The van der Waals surface area contributed by atoms with Gasteiger partial charge in [0.1, 0.15) is 4.90 Å². The summed E-state index contributed by atoms with van der Waals surface area (Å²) in [6.07, 6.45) is 0. The Kier molecular flexibility index (Phi) is 5.45. The summed E-state index contributed by atoms with van der Waals surface area (Å²) in [4.78, 5) is 1.36. The van der Waals surface area contributed by atoms with Crippen LogP contribution in [0.5, 0.6) is 0 Å². The molecule has 3 aromatic rings. The van der Waals surface area contributed by atoms with Crippen LogP contribution in [-0.4, -0.2) is 49.1 Å². The highest BCUT2D eigenvalue weighted by molar-refractivity contribution is 7.89. The topological polar surface area (TPSA) is 80.7 Å². The van der Waals surface area contributed by atoms with E-state index in [4.69, 9.17) is 16.0 Å². The average Bonchev–Trinajstić information content (AvgIpc) is 3.18. The summed E-state index contributed by atoms with van der Waals surface area (Å²) in [6, 6.07) is 16.1. The number of hydrogen-bond donors (Lipinski definition) is 1. The van der Waals surface area contributed by atoms with Crippen LogP contribution in [0.25, 0.3) is 11.5 Å². The molecule has 0 saturated carbocycles. The normalized spacial score (nSPS) is 16.3.